The van der Waals surface area contributed by atoms with Crippen molar-refractivity contribution in [3.05, 3.63) is 54.6 Å². The maximum atomic E-state index is 13.1. The minimum atomic E-state index is -4.46. The normalized spacial score (nSPS) is 13.6. The molecule has 0 aliphatic rings. The number of thiophene rings is 1. The predicted molar refractivity (Wildman–Crippen MR) is 80.9 cm³/mol. The summed E-state index contributed by atoms with van der Waals surface area (Å²) in [6.45, 7) is 1.79. The van der Waals surface area contributed by atoms with Crippen molar-refractivity contribution in [3.8, 4) is 0 Å². The zero-order valence-corrected chi connectivity index (χ0v) is 14.0. The van der Waals surface area contributed by atoms with E-state index in [1.165, 1.54) is 17.4 Å². The average molecular weight is 404 g/mol. The fraction of sp³-hybridized carbons (Fsp3) is 0.231. The van der Waals surface area contributed by atoms with Crippen molar-refractivity contribution in [3.63, 3.8) is 0 Å². The molecule has 0 fully saturated rings. The number of hydrogen-bond acceptors (Lipinski definition) is 1. The maximum Gasteiger partial charge on any atom is 0.416 e. The van der Waals surface area contributed by atoms with Gasteiger partial charge in [0, 0.05) is 9.35 Å². The Morgan fingerprint density at radius 3 is 2.40 bits per heavy atom. The average Bonchev–Trinajstić information content (AvgIpc) is 2.67. The van der Waals surface area contributed by atoms with E-state index in [1.807, 2.05) is 0 Å². The highest BCUT2D eigenvalue weighted by Gasteiger charge is 2.35. The molecular formula is C13H8BrCl2F3S. The molecule has 2 aromatic rings. The SMILES string of the molecule is Cc1cc(C(Cl)c2ccc(Br)cc2C(F)(F)F)sc1Cl. The highest BCUT2D eigenvalue weighted by Crippen LogP contribution is 2.43. The molecule has 1 atom stereocenters. The Morgan fingerprint density at radius 2 is 1.90 bits per heavy atom. The van der Waals surface area contributed by atoms with Crippen LogP contribution in [0, 0.1) is 6.92 Å². The number of benzene rings is 1. The summed E-state index contributed by atoms with van der Waals surface area (Å²) in [5, 5.41) is -0.879. The van der Waals surface area contributed by atoms with Gasteiger partial charge in [0.1, 0.15) is 0 Å². The summed E-state index contributed by atoms with van der Waals surface area (Å²) in [6, 6.07) is 5.68. The Hall–Kier alpha value is -0.230. The number of hydrogen-bond donors (Lipinski definition) is 0. The highest BCUT2D eigenvalue weighted by molar-refractivity contribution is 9.10. The Morgan fingerprint density at radius 1 is 1.25 bits per heavy atom. The maximum absolute atomic E-state index is 13.1. The number of halogens is 6. The molecule has 0 aliphatic carbocycles. The van der Waals surface area contributed by atoms with Gasteiger partial charge in [-0.3, -0.25) is 0 Å². The van der Waals surface area contributed by atoms with Crippen molar-refractivity contribution in [2.75, 3.05) is 0 Å². The second-order valence-electron chi connectivity index (χ2n) is 4.20. The van der Waals surface area contributed by atoms with Gasteiger partial charge in [0.25, 0.3) is 0 Å². The standard InChI is InChI=1S/C13H8BrCl2F3S/c1-6-4-10(20-12(6)16)11(15)8-3-2-7(14)5-9(8)13(17,18)19/h2-5,11H,1H3. The summed E-state index contributed by atoms with van der Waals surface area (Å²) in [5.74, 6) is 0. The minimum Gasteiger partial charge on any atom is -0.166 e. The number of alkyl halides is 4. The molecular weight excluding hydrogens is 396 g/mol. The third-order valence-electron chi connectivity index (χ3n) is 2.72. The second-order valence-corrected chi connectivity index (χ2v) is 7.24. The van der Waals surface area contributed by atoms with Crippen molar-refractivity contribution in [2.24, 2.45) is 0 Å². The van der Waals surface area contributed by atoms with E-state index in [2.05, 4.69) is 15.9 Å². The fourth-order valence-corrected chi connectivity index (χ4v) is 3.72. The van der Waals surface area contributed by atoms with Crippen LogP contribution < -0.4 is 0 Å². The topological polar surface area (TPSA) is 0 Å². The van der Waals surface area contributed by atoms with Crippen LogP contribution in [0.3, 0.4) is 0 Å². The zero-order valence-electron chi connectivity index (χ0n) is 10.1. The molecule has 20 heavy (non-hydrogen) atoms. The summed E-state index contributed by atoms with van der Waals surface area (Å²) in [4.78, 5) is 0.599. The minimum absolute atomic E-state index is 0.0280. The zero-order chi connectivity index (χ0) is 15.1. The van der Waals surface area contributed by atoms with E-state index in [-0.39, 0.29) is 5.56 Å². The molecule has 0 spiro atoms. The van der Waals surface area contributed by atoms with E-state index < -0.39 is 17.1 Å². The summed E-state index contributed by atoms with van der Waals surface area (Å²) in [6.07, 6.45) is -4.46. The van der Waals surface area contributed by atoms with Gasteiger partial charge in [0.15, 0.2) is 0 Å². The second kappa shape index (κ2) is 5.87. The first-order chi connectivity index (χ1) is 9.20. The van der Waals surface area contributed by atoms with Gasteiger partial charge in [-0.1, -0.05) is 33.6 Å². The van der Waals surface area contributed by atoms with E-state index in [1.54, 1.807) is 19.1 Å². The van der Waals surface area contributed by atoms with Crippen LogP contribution in [0.15, 0.2) is 28.7 Å². The lowest BCUT2D eigenvalue weighted by Gasteiger charge is -2.16. The van der Waals surface area contributed by atoms with Crippen LogP contribution in [0.5, 0.6) is 0 Å². The first-order valence-electron chi connectivity index (χ1n) is 5.46. The molecule has 0 bridgehead atoms. The first-order valence-corrected chi connectivity index (χ1v) is 7.89. The molecule has 108 valence electrons. The molecule has 1 unspecified atom stereocenters. The lowest BCUT2D eigenvalue weighted by atomic mass is 10.0. The molecule has 0 amide bonds. The Balaban J connectivity index is 2.52. The molecule has 7 heteroatoms. The first kappa shape index (κ1) is 16.1. The number of rotatable bonds is 2. The van der Waals surface area contributed by atoms with Crippen LogP contribution >= 0.6 is 50.5 Å². The van der Waals surface area contributed by atoms with Crippen LogP contribution in [0.4, 0.5) is 13.2 Å². The lowest BCUT2D eigenvalue weighted by Crippen LogP contribution is -2.10. The smallest absolute Gasteiger partial charge is 0.166 e. The van der Waals surface area contributed by atoms with Crippen LogP contribution in [0.1, 0.15) is 26.9 Å². The largest absolute Gasteiger partial charge is 0.416 e. The van der Waals surface area contributed by atoms with Gasteiger partial charge < -0.3 is 0 Å². The Kier molecular flexibility index (Phi) is 4.74. The molecule has 0 radical (unpaired) electrons. The van der Waals surface area contributed by atoms with Gasteiger partial charge in [-0.2, -0.15) is 13.2 Å². The molecule has 0 nitrogen and oxygen atoms in total. The molecule has 0 saturated heterocycles. The van der Waals surface area contributed by atoms with Crippen molar-refractivity contribution in [1.82, 2.24) is 0 Å². The highest BCUT2D eigenvalue weighted by atomic mass is 79.9. The van der Waals surface area contributed by atoms with Crippen LogP contribution in [0.25, 0.3) is 0 Å². The fourth-order valence-electron chi connectivity index (χ4n) is 1.76. The van der Waals surface area contributed by atoms with Gasteiger partial charge in [0.05, 0.1) is 15.3 Å². The quantitative estimate of drug-likeness (QED) is 0.482. The van der Waals surface area contributed by atoms with Crippen LogP contribution in [0.2, 0.25) is 4.34 Å². The van der Waals surface area contributed by atoms with Gasteiger partial charge in [-0.05, 0) is 36.2 Å². The van der Waals surface area contributed by atoms with Gasteiger partial charge in [0.2, 0.25) is 0 Å². The van der Waals surface area contributed by atoms with Crippen molar-refractivity contribution in [1.29, 1.82) is 0 Å². The molecule has 2 rings (SSSR count). The van der Waals surface area contributed by atoms with Crippen molar-refractivity contribution >= 4 is 50.5 Å². The van der Waals surface area contributed by atoms with Gasteiger partial charge in [-0.25, -0.2) is 0 Å². The van der Waals surface area contributed by atoms with Crippen molar-refractivity contribution < 1.29 is 13.2 Å². The van der Waals surface area contributed by atoms with Gasteiger partial charge in [-0.15, -0.1) is 22.9 Å². The molecule has 0 saturated carbocycles. The Labute approximate surface area is 136 Å². The summed E-state index contributed by atoms with van der Waals surface area (Å²) < 4.78 is 40.2. The van der Waals surface area contributed by atoms with E-state index in [0.717, 1.165) is 11.6 Å². The molecule has 1 aromatic carbocycles. The summed E-state index contributed by atoms with van der Waals surface area (Å²) in [5.41, 5.74) is 0.0947. The van der Waals surface area contributed by atoms with Crippen molar-refractivity contribution in [2.45, 2.75) is 18.5 Å². The van der Waals surface area contributed by atoms with E-state index >= 15 is 0 Å². The van der Waals surface area contributed by atoms with E-state index in [4.69, 9.17) is 23.2 Å². The van der Waals surface area contributed by atoms with Crippen LogP contribution in [-0.4, -0.2) is 0 Å². The third-order valence-corrected chi connectivity index (χ3v) is 5.43. The summed E-state index contributed by atoms with van der Waals surface area (Å²) in [7, 11) is 0. The summed E-state index contributed by atoms with van der Waals surface area (Å²) >= 11 is 16.4. The molecule has 1 heterocycles. The third kappa shape index (κ3) is 3.32. The van der Waals surface area contributed by atoms with Gasteiger partial charge >= 0.3 is 6.18 Å². The predicted octanol–water partition coefficient (Wildman–Crippen LogP) is 6.82. The molecule has 0 N–H and O–H groups in total. The Bertz CT molecular complexity index is 618. The monoisotopic (exact) mass is 402 g/mol. The van der Waals surface area contributed by atoms with E-state index in [9.17, 15) is 13.2 Å². The lowest BCUT2D eigenvalue weighted by molar-refractivity contribution is -0.138. The molecule has 1 aromatic heterocycles. The van der Waals surface area contributed by atoms with E-state index in [0.29, 0.717) is 13.7 Å². The van der Waals surface area contributed by atoms with Crippen LogP contribution in [-0.2, 0) is 6.18 Å². The molecule has 0 aliphatic heterocycles. The number of aryl methyl sites for hydroxylation is 1.